The summed E-state index contributed by atoms with van der Waals surface area (Å²) >= 11 is 0. The highest BCUT2D eigenvalue weighted by Gasteiger charge is 2.93. The molecule has 16 aliphatic rings. The van der Waals surface area contributed by atoms with Gasteiger partial charge < -0.3 is 25.2 Å². The Labute approximate surface area is 421 Å². The highest BCUT2D eigenvalue weighted by Crippen LogP contribution is 2.87. The number of ether oxygens (including phenoxy) is 2. The molecule has 7 aliphatic carbocycles. The van der Waals surface area contributed by atoms with Gasteiger partial charge in [-0.3, -0.25) is 9.69 Å². The first-order valence-electron chi connectivity index (χ1n) is 29.1. The molecule has 3 saturated heterocycles. The van der Waals surface area contributed by atoms with E-state index in [0.717, 1.165) is 95.0 Å². The summed E-state index contributed by atoms with van der Waals surface area (Å²) in [5.74, 6) is 3.11. The zero-order valence-electron chi connectivity index (χ0n) is 42.4. The summed E-state index contributed by atoms with van der Waals surface area (Å²) in [4.78, 5) is 37.4. The lowest BCUT2D eigenvalue weighted by Gasteiger charge is -2.72. The third-order valence-corrected chi connectivity index (χ3v) is 23.2. The van der Waals surface area contributed by atoms with Crippen LogP contribution in [-0.4, -0.2) is 65.1 Å². The number of carbonyl (C=O) groups excluding carboxylic acids is 2. The average molecular weight is 956 g/mol. The van der Waals surface area contributed by atoms with Crippen LogP contribution in [0.15, 0.2) is 88.6 Å². The number of esters is 2. The Morgan fingerprint density at radius 3 is 2.56 bits per heavy atom. The van der Waals surface area contributed by atoms with Crippen molar-refractivity contribution in [3.63, 3.8) is 0 Å². The summed E-state index contributed by atoms with van der Waals surface area (Å²) in [5.41, 5.74) is 14.6. The van der Waals surface area contributed by atoms with E-state index in [1.165, 1.54) is 85.6 Å². The smallest absolute Gasteiger partial charge is 0.339 e. The van der Waals surface area contributed by atoms with E-state index in [2.05, 4.69) is 71.3 Å². The zero-order valence-corrected chi connectivity index (χ0v) is 42.4. The third kappa shape index (κ3) is 5.76. The molecule has 71 heavy (non-hydrogen) atoms. The minimum Gasteiger partial charge on any atom is -0.509 e. The second kappa shape index (κ2) is 15.9. The van der Waals surface area contributed by atoms with Gasteiger partial charge in [0.1, 0.15) is 11.2 Å². The van der Waals surface area contributed by atoms with E-state index in [1.54, 1.807) is 5.70 Å². The molecule has 2 aromatic carbocycles. The molecule has 9 aliphatic heterocycles. The molecule has 2 aromatic rings. The van der Waals surface area contributed by atoms with Crippen LogP contribution in [0, 0.1) is 63.6 Å². The molecule has 4 spiro atoms. The molecule has 9 heterocycles. The number of hydrogen-bond acceptors (Lipinski definition) is 8. The minimum atomic E-state index is -1.15. The summed E-state index contributed by atoms with van der Waals surface area (Å²) in [7, 11) is 0. The maximum absolute atomic E-state index is 16.4. The minimum absolute atomic E-state index is 0.129. The van der Waals surface area contributed by atoms with Crippen molar-refractivity contribution in [2.45, 2.75) is 166 Å². The second-order valence-corrected chi connectivity index (χ2v) is 26.1. The van der Waals surface area contributed by atoms with Gasteiger partial charge in [0.05, 0.1) is 17.0 Å². The van der Waals surface area contributed by atoms with Gasteiger partial charge in [0.25, 0.3) is 0 Å². The van der Waals surface area contributed by atoms with E-state index in [4.69, 9.17) is 15.2 Å². The average Bonchev–Trinajstić information content (AvgIpc) is 4.05. The van der Waals surface area contributed by atoms with Crippen molar-refractivity contribution in [3.8, 4) is 0 Å². The molecule has 0 aromatic heterocycles. The van der Waals surface area contributed by atoms with Crippen molar-refractivity contribution in [1.29, 1.82) is 0 Å². The number of benzene rings is 2. The van der Waals surface area contributed by atoms with Crippen molar-refractivity contribution in [1.82, 2.24) is 9.80 Å². The lowest BCUT2D eigenvalue weighted by atomic mass is 9.28. The molecular weight excluding hydrogens is 879 g/mol. The molecule has 14 atom stereocenters. The molecule has 8 nitrogen and oxygen atoms in total. The number of rotatable bonds is 5. The van der Waals surface area contributed by atoms with Crippen molar-refractivity contribution in [2.24, 2.45) is 69.3 Å². The molecule has 18 rings (SSSR count). The quantitative estimate of drug-likeness (QED) is 0.226. The molecule has 374 valence electrons. The van der Waals surface area contributed by atoms with Crippen LogP contribution >= 0.6 is 0 Å². The Bertz CT molecular complexity index is 2740. The van der Waals surface area contributed by atoms with E-state index in [0.29, 0.717) is 84.1 Å². The number of carbonyl (C=O) groups is 2. The number of aliphatic hydroxyl groups is 1. The Morgan fingerprint density at radius 1 is 0.859 bits per heavy atom. The van der Waals surface area contributed by atoms with Crippen molar-refractivity contribution < 1.29 is 24.2 Å². The van der Waals surface area contributed by atoms with Gasteiger partial charge in [-0.05, 0) is 172 Å². The predicted molar refractivity (Wildman–Crippen MR) is 274 cm³/mol. The van der Waals surface area contributed by atoms with Gasteiger partial charge in [0, 0.05) is 55.2 Å². The summed E-state index contributed by atoms with van der Waals surface area (Å²) in [6.45, 7) is 6.26. The zero-order chi connectivity index (χ0) is 47.6. The summed E-state index contributed by atoms with van der Waals surface area (Å²) < 4.78 is 14.5. The van der Waals surface area contributed by atoms with E-state index in [1.807, 2.05) is 0 Å². The largest absolute Gasteiger partial charge is 0.509 e. The van der Waals surface area contributed by atoms with E-state index < -0.39 is 16.4 Å². The van der Waals surface area contributed by atoms with Gasteiger partial charge >= 0.3 is 11.9 Å². The van der Waals surface area contributed by atoms with Crippen molar-refractivity contribution >= 4 is 11.9 Å². The Morgan fingerprint density at radius 2 is 1.69 bits per heavy atom. The monoisotopic (exact) mass is 956 g/mol. The summed E-state index contributed by atoms with van der Waals surface area (Å²) in [5, 5.41) is 13.7. The topological polar surface area (TPSA) is 105 Å². The van der Waals surface area contributed by atoms with E-state index in [-0.39, 0.29) is 35.6 Å². The molecule has 14 unspecified atom stereocenters. The highest BCUT2D eigenvalue weighted by molar-refractivity contribution is 6.00. The number of fused-ring (bicyclic) bond motifs is 7. The van der Waals surface area contributed by atoms with Crippen LogP contribution in [-0.2, 0) is 39.1 Å². The molecule has 15 bridgehead atoms. The molecule has 8 heteroatoms. The van der Waals surface area contributed by atoms with Crippen LogP contribution in [0.4, 0.5) is 0 Å². The SMILES string of the molecule is CC1CC2=C3C4C5=C6CC(Cc7cccc(c7)CCCCC7C68C(=O)OC(=C(O)CC(CC6CCCCC69CCCC9)N6CC9CC(C6)C(C=C2)N3C9)C8(CC5)C72OC(=O)c3c(CCCN)cccc32)C14. The predicted octanol–water partition coefficient (Wildman–Crippen LogP) is 11.6. The maximum atomic E-state index is 16.4. The molecular formula is C63H77N3O5. The van der Waals surface area contributed by atoms with E-state index >= 15 is 9.59 Å². The molecule has 6 fully saturated rings. The molecule has 3 saturated carbocycles. The number of nitrogens with two attached hydrogens (primary N) is 1. The van der Waals surface area contributed by atoms with Gasteiger partial charge in [-0.15, -0.1) is 0 Å². The van der Waals surface area contributed by atoms with Gasteiger partial charge in [0.2, 0.25) is 0 Å². The van der Waals surface area contributed by atoms with Crippen LogP contribution in [0.1, 0.15) is 162 Å². The fourth-order valence-corrected chi connectivity index (χ4v) is 21.0. The number of piperidine rings is 2. The van der Waals surface area contributed by atoms with Crippen LogP contribution in [0.3, 0.4) is 0 Å². The standard InChI is InChI=1S/C63H77N3O5/c1-37-27-42-19-20-50-44-30-40-34-65(36-44)46(32-45-16-4-5-22-60(45)23-6-7-24-60)33-51(67)57-61-25-21-47-49-31-43(53(37)55(47)56(42)66(50)35-40)29-39-13-8-12-38(28-39)11-2-3-18-52(62(49,61)59(69)70-57)63(61)48-17-9-14-41(15-10-26-64)54(48)58(68)71-63/h8-9,12-14,17,19-20,28,37,40,43-46,50,52-53,55,67H,2-7,10-11,15-16,18,21-27,29-36,64H2,1H3. The van der Waals surface area contributed by atoms with Crippen LogP contribution < -0.4 is 5.73 Å². The van der Waals surface area contributed by atoms with Crippen LogP contribution in [0.25, 0.3) is 0 Å². The first-order valence-corrected chi connectivity index (χ1v) is 29.1. The number of aliphatic hydroxyl groups excluding tert-OH is 1. The first kappa shape index (κ1) is 44.4. The van der Waals surface area contributed by atoms with Gasteiger partial charge in [-0.25, -0.2) is 4.79 Å². The summed E-state index contributed by atoms with van der Waals surface area (Å²) in [6.07, 6.45) is 28.1. The third-order valence-electron chi connectivity index (χ3n) is 23.2. The normalized spacial score (nSPS) is 42.0. The number of aryl methyl sites for hydroxylation is 2. The molecule has 3 N–H and O–H groups in total. The molecule has 0 amide bonds. The summed E-state index contributed by atoms with van der Waals surface area (Å²) in [6, 6.07) is 16.3. The van der Waals surface area contributed by atoms with Crippen LogP contribution in [0.5, 0.6) is 0 Å². The van der Waals surface area contributed by atoms with Gasteiger partial charge in [-0.2, -0.15) is 0 Å². The van der Waals surface area contributed by atoms with Gasteiger partial charge in [-0.1, -0.05) is 105 Å². The van der Waals surface area contributed by atoms with Crippen molar-refractivity contribution in [3.05, 3.63) is 116 Å². The fraction of sp³-hybridized carbons (Fsp3) is 0.651. The Hall–Kier alpha value is -4.14. The molecule has 0 radical (unpaired) electrons. The number of allylic oxidation sites excluding steroid dienone is 3. The first-order chi connectivity index (χ1) is 34.7. The van der Waals surface area contributed by atoms with Gasteiger partial charge in [0.15, 0.2) is 11.4 Å². The Kier molecular flexibility index (Phi) is 9.95. The maximum Gasteiger partial charge on any atom is 0.339 e. The Balaban J connectivity index is 0.996. The lowest BCUT2D eigenvalue weighted by molar-refractivity contribution is -0.279. The fourth-order valence-electron chi connectivity index (χ4n) is 21.0. The van der Waals surface area contributed by atoms with Crippen molar-refractivity contribution in [2.75, 3.05) is 26.2 Å². The lowest BCUT2D eigenvalue weighted by Crippen LogP contribution is -2.77. The number of hydrogen-bond donors (Lipinski definition) is 2. The van der Waals surface area contributed by atoms with Crippen LogP contribution in [0.2, 0.25) is 0 Å². The highest BCUT2D eigenvalue weighted by atomic mass is 16.6. The van der Waals surface area contributed by atoms with E-state index in [9.17, 15) is 5.11 Å². The number of nitrogens with zero attached hydrogens (tertiary/aromatic N) is 2. The second-order valence-electron chi connectivity index (χ2n) is 26.1.